The zero-order valence-electron chi connectivity index (χ0n) is 5.85. The quantitative estimate of drug-likeness (QED) is 0.616. The van der Waals surface area contributed by atoms with E-state index in [1.165, 1.54) is 18.4 Å². The van der Waals surface area contributed by atoms with Gasteiger partial charge in [0.2, 0.25) is 0 Å². The van der Waals surface area contributed by atoms with Gasteiger partial charge in [0.1, 0.15) is 10.3 Å². The second kappa shape index (κ2) is 2.65. The van der Waals surface area contributed by atoms with E-state index in [4.69, 9.17) is 23.2 Å². The SMILES string of the molecule is Clc1cc(C2CC2)cc(Cl)n1. The van der Waals surface area contributed by atoms with E-state index in [1.807, 2.05) is 12.1 Å². The normalized spacial score (nSPS) is 16.9. The molecule has 0 bridgehead atoms. The van der Waals surface area contributed by atoms with Crippen LogP contribution in [0.2, 0.25) is 10.3 Å². The van der Waals surface area contributed by atoms with Crippen molar-refractivity contribution in [1.82, 2.24) is 4.98 Å². The Hall–Kier alpha value is -0.270. The summed E-state index contributed by atoms with van der Waals surface area (Å²) in [5.41, 5.74) is 1.23. The standard InChI is InChI=1S/C8H7Cl2N/c9-7-3-6(5-1-2-5)4-8(10)11-7/h3-5H,1-2H2. The van der Waals surface area contributed by atoms with Gasteiger partial charge in [-0.1, -0.05) is 23.2 Å². The summed E-state index contributed by atoms with van der Waals surface area (Å²) in [7, 11) is 0. The largest absolute Gasteiger partial charge is 0.224 e. The van der Waals surface area contributed by atoms with Crippen LogP contribution < -0.4 is 0 Å². The van der Waals surface area contributed by atoms with Gasteiger partial charge in [-0.25, -0.2) is 4.98 Å². The first kappa shape index (κ1) is 7.38. The number of hydrogen-bond acceptors (Lipinski definition) is 1. The summed E-state index contributed by atoms with van der Waals surface area (Å²) in [5, 5.41) is 0.999. The lowest BCUT2D eigenvalue weighted by Gasteiger charge is -1.98. The summed E-state index contributed by atoms with van der Waals surface area (Å²) < 4.78 is 0. The minimum atomic E-state index is 0.499. The molecule has 0 saturated heterocycles. The highest BCUT2D eigenvalue weighted by Gasteiger charge is 2.24. The maximum Gasteiger partial charge on any atom is 0.131 e. The van der Waals surface area contributed by atoms with Gasteiger partial charge in [-0.3, -0.25) is 0 Å². The lowest BCUT2D eigenvalue weighted by atomic mass is 10.2. The minimum Gasteiger partial charge on any atom is -0.224 e. The molecule has 1 aliphatic rings. The van der Waals surface area contributed by atoms with E-state index < -0.39 is 0 Å². The molecule has 3 heteroatoms. The third-order valence-corrected chi connectivity index (χ3v) is 2.22. The first-order valence-electron chi connectivity index (χ1n) is 3.59. The van der Waals surface area contributed by atoms with Gasteiger partial charge in [-0.15, -0.1) is 0 Å². The van der Waals surface area contributed by atoms with Gasteiger partial charge < -0.3 is 0 Å². The van der Waals surface area contributed by atoms with E-state index in [2.05, 4.69) is 4.98 Å². The number of rotatable bonds is 1. The van der Waals surface area contributed by atoms with Gasteiger partial charge >= 0.3 is 0 Å². The van der Waals surface area contributed by atoms with Crippen molar-refractivity contribution in [2.75, 3.05) is 0 Å². The molecule has 0 aliphatic heterocycles. The molecule has 0 spiro atoms. The van der Waals surface area contributed by atoms with Gasteiger partial charge in [-0.2, -0.15) is 0 Å². The highest BCUT2D eigenvalue weighted by Crippen LogP contribution is 2.41. The second-order valence-electron chi connectivity index (χ2n) is 2.82. The first-order chi connectivity index (χ1) is 5.25. The Kier molecular flexibility index (Phi) is 1.78. The number of hydrogen-bond donors (Lipinski definition) is 0. The number of aromatic nitrogens is 1. The lowest BCUT2D eigenvalue weighted by Crippen LogP contribution is -1.82. The van der Waals surface area contributed by atoms with Crippen LogP contribution in [-0.4, -0.2) is 4.98 Å². The van der Waals surface area contributed by atoms with Crippen LogP contribution in [-0.2, 0) is 0 Å². The first-order valence-corrected chi connectivity index (χ1v) is 4.34. The van der Waals surface area contributed by atoms with Crippen molar-refractivity contribution in [2.45, 2.75) is 18.8 Å². The smallest absolute Gasteiger partial charge is 0.131 e. The predicted molar refractivity (Wildman–Crippen MR) is 46.2 cm³/mol. The van der Waals surface area contributed by atoms with Crippen LogP contribution in [0.5, 0.6) is 0 Å². The van der Waals surface area contributed by atoms with Crippen LogP contribution in [0.1, 0.15) is 24.3 Å². The van der Waals surface area contributed by atoms with Crippen molar-refractivity contribution in [3.8, 4) is 0 Å². The fourth-order valence-electron chi connectivity index (χ4n) is 1.14. The van der Waals surface area contributed by atoms with E-state index in [1.54, 1.807) is 0 Å². The van der Waals surface area contributed by atoms with Gasteiger partial charge in [0.05, 0.1) is 0 Å². The molecular weight excluding hydrogens is 181 g/mol. The molecule has 1 aromatic heterocycles. The molecule has 0 amide bonds. The summed E-state index contributed by atoms with van der Waals surface area (Å²) in [6.45, 7) is 0. The molecule has 1 aliphatic carbocycles. The van der Waals surface area contributed by atoms with Gasteiger partial charge in [0, 0.05) is 0 Å². The highest BCUT2D eigenvalue weighted by molar-refractivity contribution is 6.32. The Morgan fingerprint density at radius 3 is 2.18 bits per heavy atom. The van der Waals surface area contributed by atoms with E-state index in [0.717, 1.165) is 0 Å². The predicted octanol–water partition coefficient (Wildman–Crippen LogP) is 3.27. The fraction of sp³-hybridized carbons (Fsp3) is 0.375. The number of halogens is 2. The summed E-state index contributed by atoms with van der Waals surface area (Å²) in [5.74, 6) is 0.688. The Balaban J connectivity index is 2.39. The van der Waals surface area contributed by atoms with E-state index in [9.17, 15) is 0 Å². The summed E-state index contributed by atoms with van der Waals surface area (Å²) in [6.07, 6.45) is 2.52. The minimum absolute atomic E-state index is 0.499. The average molecular weight is 188 g/mol. The van der Waals surface area contributed by atoms with Crippen molar-refractivity contribution >= 4 is 23.2 Å². The Labute approximate surface area is 75.3 Å². The summed E-state index contributed by atoms with van der Waals surface area (Å²) in [4.78, 5) is 3.88. The van der Waals surface area contributed by atoms with Crippen molar-refractivity contribution in [2.24, 2.45) is 0 Å². The Bertz CT molecular complexity index is 261. The third-order valence-electron chi connectivity index (χ3n) is 1.83. The molecule has 58 valence electrons. The molecule has 1 nitrogen and oxygen atoms in total. The molecule has 1 heterocycles. The number of nitrogens with zero attached hydrogens (tertiary/aromatic N) is 1. The third kappa shape index (κ3) is 1.66. The summed E-state index contributed by atoms with van der Waals surface area (Å²) in [6, 6.07) is 3.79. The fourth-order valence-corrected chi connectivity index (χ4v) is 1.61. The molecule has 0 atom stereocenters. The van der Waals surface area contributed by atoms with E-state index in [-0.39, 0.29) is 0 Å². The second-order valence-corrected chi connectivity index (χ2v) is 3.59. The molecule has 0 radical (unpaired) electrons. The molecule has 11 heavy (non-hydrogen) atoms. The average Bonchev–Trinajstić information content (AvgIpc) is 2.64. The summed E-state index contributed by atoms with van der Waals surface area (Å²) >= 11 is 11.5. The van der Waals surface area contributed by atoms with Crippen molar-refractivity contribution < 1.29 is 0 Å². The topological polar surface area (TPSA) is 12.9 Å². The molecule has 0 aromatic carbocycles. The maximum absolute atomic E-state index is 5.73. The van der Waals surface area contributed by atoms with Crippen LogP contribution in [0.25, 0.3) is 0 Å². The van der Waals surface area contributed by atoms with E-state index in [0.29, 0.717) is 16.2 Å². The molecule has 1 aromatic rings. The zero-order valence-corrected chi connectivity index (χ0v) is 7.36. The van der Waals surface area contributed by atoms with Gasteiger partial charge in [-0.05, 0) is 36.5 Å². The monoisotopic (exact) mass is 187 g/mol. The molecule has 0 N–H and O–H groups in total. The Morgan fingerprint density at radius 2 is 1.73 bits per heavy atom. The van der Waals surface area contributed by atoms with Crippen LogP contribution >= 0.6 is 23.2 Å². The van der Waals surface area contributed by atoms with Crippen molar-refractivity contribution in [3.05, 3.63) is 28.0 Å². The van der Waals surface area contributed by atoms with Crippen molar-refractivity contribution in [3.63, 3.8) is 0 Å². The van der Waals surface area contributed by atoms with Crippen molar-refractivity contribution in [1.29, 1.82) is 0 Å². The van der Waals surface area contributed by atoms with Crippen LogP contribution in [0, 0.1) is 0 Å². The van der Waals surface area contributed by atoms with Gasteiger partial charge in [0.25, 0.3) is 0 Å². The number of pyridine rings is 1. The lowest BCUT2D eigenvalue weighted by molar-refractivity contribution is 1.11. The molecule has 1 saturated carbocycles. The van der Waals surface area contributed by atoms with Crippen LogP contribution in [0.3, 0.4) is 0 Å². The van der Waals surface area contributed by atoms with E-state index >= 15 is 0 Å². The maximum atomic E-state index is 5.73. The molecular formula is C8H7Cl2N. The highest BCUT2D eigenvalue weighted by atomic mass is 35.5. The van der Waals surface area contributed by atoms with Gasteiger partial charge in [0.15, 0.2) is 0 Å². The molecule has 2 rings (SSSR count). The van der Waals surface area contributed by atoms with Crippen LogP contribution in [0.15, 0.2) is 12.1 Å². The van der Waals surface area contributed by atoms with Crippen LogP contribution in [0.4, 0.5) is 0 Å². The molecule has 0 unspecified atom stereocenters. The zero-order chi connectivity index (χ0) is 7.84. The molecule has 1 fully saturated rings. The Morgan fingerprint density at radius 1 is 1.18 bits per heavy atom.